The number of hydrogen-bond acceptors (Lipinski definition) is 2. The van der Waals surface area contributed by atoms with E-state index in [1.54, 1.807) is 0 Å². The summed E-state index contributed by atoms with van der Waals surface area (Å²) in [6.07, 6.45) is -1.18. The van der Waals surface area contributed by atoms with Crippen molar-refractivity contribution in [3.8, 4) is 0 Å². The first-order valence-electron chi connectivity index (χ1n) is 6.83. The van der Waals surface area contributed by atoms with Crippen molar-refractivity contribution in [3.05, 3.63) is 35.4 Å². The number of hydrogen-bond donors (Lipinski definition) is 1. The standard InChI is InChI=1S/C15H19F3N2O/c1-15(2,3)19-13-8-20(7-12(13)18)14(21)9-4-5-10(16)11(17)6-9/h4-6,12-13,19H,7-8H2,1-3H3/t12-,13?/m0/s1. The summed E-state index contributed by atoms with van der Waals surface area (Å²) < 4.78 is 40.0. The van der Waals surface area contributed by atoms with Crippen molar-refractivity contribution in [2.75, 3.05) is 13.1 Å². The van der Waals surface area contributed by atoms with Crippen molar-refractivity contribution in [3.63, 3.8) is 0 Å². The van der Waals surface area contributed by atoms with Gasteiger partial charge in [0.15, 0.2) is 11.6 Å². The molecule has 0 spiro atoms. The Hall–Kier alpha value is -1.56. The van der Waals surface area contributed by atoms with Crippen molar-refractivity contribution >= 4 is 5.91 Å². The topological polar surface area (TPSA) is 32.3 Å². The molecule has 3 nitrogen and oxygen atoms in total. The Morgan fingerprint density at radius 2 is 1.90 bits per heavy atom. The molecule has 2 atom stereocenters. The van der Waals surface area contributed by atoms with Gasteiger partial charge in [0, 0.05) is 17.6 Å². The van der Waals surface area contributed by atoms with Crippen LogP contribution >= 0.6 is 0 Å². The first-order chi connectivity index (χ1) is 9.67. The molecule has 1 amide bonds. The largest absolute Gasteiger partial charge is 0.334 e. The van der Waals surface area contributed by atoms with Gasteiger partial charge in [0.2, 0.25) is 0 Å². The first-order valence-corrected chi connectivity index (χ1v) is 6.83. The van der Waals surface area contributed by atoms with E-state index in [0.29, 0.717) is 0 Å². The van der Waals surface area contributed by atoms with E-state index < -0.39 is 29.8 Å². The number of halogens is 3. The van der Waals surface area contributed by atoms with Gasteiger partial charge >= 0.3 is 0 Å². The lowest BCUT2D eigenvalue weighted by atomic mass is 10.1. The van der Waals surface area contributed by atoms with Crippen molar-refractivity contribution in [2.45, 2.75) is 38.5 Å². The van der Waals surface area contributed by atoms with E-state index in [4.69, 9.17) is 0 Å². The molecule has 21 heavy (non-hydrogen) atoms. The Kier molecular flexibility index (Phi) is 4.27. The number of alkyl halides is 1. The van der Waals surface area contributed by atoms with Gasteiger partial charge in [0.25, 0.3) is 5.91 Å². The lowest BCUT2D eigenvalue weighted by Crippen LogP contribution is -2.48. The average Bonchev–Trinajstić information content (AvgIpc) is 2.71. The molecule has 0 aromatic heterocycles. The predicted molar refractivity (Wildman–Crippen MR) is 73.8 cm³/mol. The van der Waals surface area contributed by atoms with Gasteiger partial charge in [0.05, 0.1) is 12.6 Å². The molecular weight excluding hydrogens is 281 g/mol. The third-order valence-electron chi connectivity index (χ3n) is 3.32. The highest BCUT2D eigenvalue weighted by molar-refractivity contribution is 5.94. The summed E-state index contributed by atoms with van der Waals surface area (Å²) in [5, 5.41) is 3.12. The number of carbonyl (C=O) groups excluding carboxylic acids is 1. The van der Waals surface area contributed by atoms with Crippen LogP contribution in [0.5, 0.6) is 0 Å². The summed E-state index contributed by atoms with van der Waals surface area (Å²) in [6, 6.07) is 2.49. The third kappa shape index (κ3) is 3.75. The van der Waals surface area contributed by atoms with Gasteiger partial charge in [-0.25, -0.2) is 13.2 Å². The molecule has 0 aliphatic carbocycles. The van der Waals surface area contributed by atoms with Gasteiger partial charge in [0.1, 0.15) is 6.17 Å². The fourth-order valence-corrected chi connectivity index (χ4v) is 2.43. The van der Waals surface area contributed by atoms with E-state index in [9.17, 15) is 18.0 Å². The SMILES string of the molecule is CC(C)(C)NC1CN(C(=O)c2ccc(F)c(F)c2)C[C@@H]1F. The Bertz CT molecular complexity index is 542. The second-order valence-electron chi connectivity index (χ2n) is 6.36. The van der Waals surface area contributed by atoms with Crippen LogP contribution in [0.4, 0.5) is 13.2 Å². The number of benzene rings is 1. The number of carbonyl (C=O) groups is 1. The Labute approximate surface area is 122 Å². The summed E-state index contributed by atoms with van der Waals surface area (Å²) in [4.78, 5) is 13.5. The van der Waals surface area contributed by atoms with Crippen molar-refractivity contribution in [2.24, 2.45) is 0 Å². The van der Waals surface area contributed by atoms with Gasteiger partial charge in [-0.1, -0.05) is 0 Å². The molecule has 1 N–H and O–H groups in total. The van der Waals surface area contributed by atoms with Crippen LogP contribution in [0, 0.1) is 11.6 Å². The van der Waals surface area contributed by atoms with Gasteiger partial charge in [-0.05, 0) is 39.0 Å². The minimum atomic E-state index is -1.18. The molecule has 1 unspecified atom stereocenters. The highest BCUT2D eigenvalue weighted by Gasteiger charge is 2.37. The Balaban J connectivity index is 2.09. The number of nitrogens with one attached hydrogen (secondary N) is 1. The van der Waals surface area contributed by atoms with Crippen molar-refractivity contribution in [1.82, 2.24) is 10.2 Å². The van der Waals surface area contributed by atoms with Crippen LogP contribution in [0.2, 0.25) is 0 Å². The molecule has 116 valence electrons. The maximum absolute atomic E-state index is 14.0. The van der Waals surface area contributed by atoms with Crippen LogP contribution in [0.3, 0.4) is 0 Å². The van der Waals surface area contributed by atoms with Crippen LogP contribution in [0.15, 0.2) is 18.2 Å². The fourth-order valence-electron chi connectivity index (χ4n) is 2.43. The highest BCUT2D eigenvalue weighted by atomic mass is 19.2. The molecule has 6 heteroatoms. The summed E-state index contributed by atoms with van der Waals surface area (Å²) in [7, 11) is 0. The van der Waals surface area contributed by atoms with Crippen LogP contribution in [-0.4, -0.2) is 41.6 Å². The molecule has 1 aromatic rings. The molecule has 0 saturated carbocycles. The number of nitrogens with zero attached hydrogens (tertiary/aromatic N) is 1. The molecule has 2 rings (SSSR count). The normalized spacial score (nSPS) is 22.7. The third-order valence-corrected chi connectivity index (χ3v) is 3.32. The maximum atomic E-state index is 14.0. The zero-order valence-corrected chi connectivity index (χ0v) is 12.3. The van der Waals surface area contributed by atoms with Crippen LogP contribution < -0.4 is 5.32 Å². The molecule has 1 aliphatic heterocycles. The fraction of sp³-hybridized carbons (Fsp3) is 0.533. The van der Waals surface area contributed by atoms with Gasteiger partial charge < -0.3 is 10.2 Å². The lowest BCUT2D eigenvalue weighted by Gasteiger charge is -2.26. The van der Waals surface area contributed by atoms with E-state index in [2.05, 4.69) is 5.32 Å². The summed E-state index contributed by atoms with van der Waals surface area (Å²) >= 11 is 0. The highest BCUT2D eigenvalue weighted by Crippen LogP contribution is 2.20. The monoisotopic (exact) mass is 300 g/mol. The minimum Gasteiger partial charge on any atom is -0.334 e. The maximum Gasteiger partial charge on any atom is 0.254 e. The van der Waals surface area contributed by atoms with Gasteiger partial charge in [-0.2, -0.15) is 0 Å². The van der Waals surface area contributed by atoms with E-state index in [1.165, 1.54) is 11.0 Å². The minimum absolute atomic E-state index is 0.0255. The molecule has 1 saturated heterocycles. The summed E-state index contributed by atoms with van der Waals surface area (Å²) in [5.41, 5.74) is -0.242. The zero-order chi connectivity index (χ0) is 15.8. The smallest absolute Gasteiger partial charge is 0.254 e. The molecule has 1 aromatic carbocycles. The summed E-state index contributed by atoms with van der Waals surface area (Å²) in [5.74, 6) is -2.58. The lowest BCUT2D eigenvalue weighted by molar-refractivity contribution is 0.0780. The molecular formula is C15H19F3N2O. The van der Waals surface area contributed by atoms with E-state index in [0.717, 1.165) is 12.1 Å². The predicted octanol–water partition coefficient (Wildman–Crippen LogP) is 2.52. The number of amides is 1. The van der Waals surface area contributed by atoms with E-state index in [-0.39, 0.29) is 24.2 Å². The molecule has 1 aliphatic rings. The molecule has 0 radical (unpaired) electrons. The van der Waals surface area contributed by atoms with E-state index >= 15 is 0 Å². The van der Waals surface area contributed by atoms with Gasteiger partial charge in [-0.15, -0.1) is 0 Å². The van der Waals surface area contributed by atoms with Crippen LogP contribution in [0.25, 0.3) is 0 Å². The second-order valence-corrected chi connectivity index (χ2v) is 6.36. The van der Waals surface area contributed by atoms with Crippen molar-refractivity contribution in [1.29, 1.82) is 0 Å². The Morgan fingerprint density at radius 3 is 2.48 bits per heavy atom. The number of likely N-dealkylation sites (tertiary alicyclic amines) is 1. The van der Waals surface area contributed by atoms with Crippen LogP contribution in [0.1, 0.15) is 31.1 Å². The van der Waals surface area contributed by atoms with E-state index in [1.807, 2.05) is 20.8 Å². The number of rotatable bonds is 2. The molecule has 1 heterocycles. The molecule has 0 bridgehead atoms. The zero-order valence-electron chi connectivity index (χ0n) is 12.3. The van der Waals surface area contributed by atoms with Gasteiger partial charge in [-0.3, -0.25) is 4.79 Å². The Morgan fingerprint density at radius 1 is 1.24 bits per heavy atom. The molecule has 1 fully saturated rings. The first kappa shape index (κ1) is 15.8. The average molecular weight is 300 g/mol. The van der Waals surface area contributed by atoms with Crippen molar-refractivity contribution < 1.29 is 18.0 Å². The summed E-state index contributed by atoms with van der Waals surface area (Å²) in [6.45, 7) is 5.90. The van der Waals surface area contributed by atoms with Crippen LogP contribution in [-0.2, 0) is 0 Å². The second kappa shape index (κ2) is 5.67. The quantitative estimate of drug-likeness (QED) is 0.910.